The number of benzene rings is 1. The molecule has 1 aromatic carbocycles. The predicted octanol–water partition coefficient (Wildman–Crippen LogP) is 2.46. The van der Waals surface area contributed by atoms with Gasteiger partial charge in [-0.2, -0.15) is 0 Å². The molecule has 0 heterocycles. The highest BCUT2D eigenvalue weighted by Gasteiger charge is 2.10. The van der Waals surface area contributed by atoms with E-state index in [1.54, 1.807) is 17.0 Å². The highest BCUT2D eigenvalue weighted by Crippen LogP contribution is 2.13. The Balaban J connectivity index is 2.54. The van der Waals surface area contributed by atoms with Crippen LogP contribution in [0.1, 0.15) is 18.4 Å². The molecule has 0 atom stereocenters. The van der Waals surface area contributed by atoms with Crippen LogP contribution in [0.3, 0.4) is 0 Å². The molecule has 6 heteroatoms. The van der Waals surface area contributed by atoms with Crippen molar-refractivity contribution < 1.29 is 9.59 Å². The molecule has 2 N–H and O–H groups in total. The molecule has 1 aromatic rings. The van der Waals surface area contributed by atoms with Crippen LogP contribution in [0, 0.1) is 0 Å². The van der Waals surface area contributed by atoms with Crippen molar-refractivity contribution in [1.29, 1.82) is 0 Å². The minimum absolute atomic E-state index is 0.262. The molecule has 0 aliphatic heterocycles. The Hall–Kier alpha value is -1.20. The second-order valence-corrected chi connectivity index (χ2v) is 4.72. The summed E-state index contributed by atoms with van der Waals surface area (Å²) in [6.07, 6.45) is 0.799. The van der Waals surface area contributed by atoms with E-state index in [1.165, 1.54) is 0 Å². The van der Waals surface area contributed by atoms with Crippen molar-refractivity contribution in [3.8, 4) is 0 Å². The Bertz CT molecular complexity index is 423. The zero-order chi connectivity index (χ0) is 13.5. The van der Waals surface area contributed by atoms with Gasteiger partial charge >= 0.3 is 0 Å². The summed E-state index contributed by atoms with van der Waals surface area (Å²) < 4.78 is 0. The van der Waals surface area contributed by atoms with Crippen LogP contribution in [0.5, 0.6) is 0 Å². The van der Waals surface area contributed by atoms with Gasteiger partial charge in [0.15, 0.2) is 0 Å². The Morgan fingerprint density at radius 1 is 1.28 bits per heavy atom. The number of amides is 2. The van der Waals surface area contributed by atoms with Gasteiger partial charge in [0.25, 0.3) is 5.24 Å². The minimum atomic E-state index is -0.368. The second-order valence-electron chi connectivity index (χ2n) is 3.90. The van der Waals surface area contributed by atoms with Gasteiger partial charge in [0.2, 0.25) is 5.91 Å². The molecule has 0 aliphatic rings. The third-order valence-corrected chi connectivity index (χ3v) is 2.94. The maximum atomic E-state index is 11.3. The van der Waals surface area contributed by atoms with Crippen LogP contribution in [0.15, 0.2) is 24.3 Å². The van der Waals surface area contributed by atoms with Crippen molar-refractivity contribution in [2.24, 2.45) is 5.73 Å². The first-order valence-corrected chi connectivity index (χ1v) is 6.32. The number of hydrogen-bond acceptors (Lipinski definition) is 2. The lowest BCUT2D eigenvalue weighted by Gasteiger charge is -2.20. The van der Waals surface area contributed by atoms with E-state index < -0.39 is 0 Å². The first kappa shape index (κ1) is 14.9. The summed E-state index contributed by atoms with van der Waals surface area (Å²) in [5.41, 5.74) is 6.01. The zero-order valence-corrected chi connectivity index (χ0v) is 11.5. The van der Waals surface area contributed by atoms with Crippen LogP contribution in [0.25, 0.3) is 0 Å². The maximum absolute atomic E-state index is 11.3. The molecule has 0 spiro atoms. The molecule has 4 nitrogen and oxygen atoms in total. The molecule has 0 unspecified atom stereocenters. The topological polar surface area (TPSA) is 63.4 Å². The van der Waals surface area contributed by atoms with Crippen LogP contribution in [-0.4, -0.2) is 22.6 Å². The molecule has 98 valence electrons. The molecule has 0 radical (unpaired) electrons. The number of nitrogens with two attached hydrogens (primary N) is 1. The molecule has 2 amide bonds. The largest absolute Gasteiger partial charge is 0.370 e. The first-order chi connectivity index (χ1) is 8.49. The number of rotatable bonds is 6. The number of carbonyl (C=O) groups is 2. The third-order valence-electron chi connectivity index (χ3n) is 2.41. The molecule has 0 saturated carbocycles. The number of carbonyl (C=O) groups excluding carboxylic acids is 2. The Morgan fingerprint density at radius 3 is 2.39 bits per heavy atom. The summed E-state index contributed by atoms with van der Waals surface area (Å²) in [6, 6.07) is 7.23. The Kier molecular flexibility index (Phi) is 6.01. The summed E-state index contributed by atoms with van der Waals surface area (Å²) in [7, 11) is 0. The summed E-state index contributed by atoms with van der Waals surface area (Å²) in [5, 5.41) is 0.325. The summed E-state index contributed by atoms with van der Waals surface area (Å²) in [5.74, 6) is -0.368. The number of primary amides is 1. The van der Waals surface area contributed by atoms with Gasteiger partial charge < -0.3 is 10.6 Å². The molecule has 0 bridgehead atoms. The second kappa shape index (κ2) is 7.28. The van der Waals surface area contributed by atoms with Crippen LogP contribution >= 0.6 is 24.2 Å². The fourth-order valence-electron chi connectivity index (χ4n) is 1.50. The van der Waals surface area contributed by atoms with Crippen molar-refractivity contribution in [3.05, 3.63) is 34.9 Å². The van der Waals surface area contributed by atoms with Gasteiger partial charge in [0, 0.05) is 24.5 Å². The molecular weight excluding hydrogens is 272 g/mol. The fourth-order valence-corrected chi connectivity index (χ4v) is 1.79. The Labute approximate surface area is 117 Å². The van der Waals surface area contributed by atoms with Gasteiger partial charge in [-0.3, -0.25) is 9.59 Å². The normalized spacial score (nSPS) is 10.1. The lowest BCUT2D eigenvalue weighted by atomic mass is 10.2. The number of thiol groups is 1. The smallest absolute Gasteiger partial charge is 0.278 e. The van der Waals surface area contributed by atoms with Crippen molar-refractivity contribution >= 4 is 35.4 Å². The minimum Gasteiger partial charge on any atom is -0.370 e. The quantitative estimate of drug-likeness (QED) is 0.789. The van der Waals surface area contributed by atoms with E-state index in [0.717, 1.165) is 5.56 Å². The van der Waals surface area contributed by atoms with E-state index in [-0.39, 0.29) is 17.6 Å². The van der Waals surface area contributed by atoms with E-state index in [0.29, 0.717) is 24.5 Å². The molecule has 0 fully saturated rings. The maximum Gasteiger partial charge on any atom is 0.278 e. The van der Waals surface area contributed by atoms with Crippen molar-refractivity contribution in [1.82, 2.24) is 4.90 Å². The fraction of sp³-hybridized carbons (Fsp3) is 0.333. The van der Waals surface area contributed by atoms with Crippen LogP contribution < -0.4 is 5.73 Å². The number of halogens is 1. The van der Waals surface area contributed by atoms with E-state index in [1.807, 2.05) is 12.1 Å². The average Bonchev–Trinajstić information content (AvgIpc) is 2.30. The standard InChI is InChI=1S/C12H15ClN2O2S/c13-10-5-3-9(4-6-10)8-15(12(17)18)7-1-2-11(14)16/h3-6H,1-2,7-8H2,(H2,14,16)(H,17,18). The molecule has 0 saturated heterocycles. The lowest BCUT2D eigenvalue weighted by molar-refractivity contribution is -0.118. The van der Waals surface area contributed by atoms with Gasteiger partial charge in [-0.05, 0) is 24.1 Å². The van der Waals surface area contributed by atoms with E-state index in [4.69, 9.17) is 17.3 Å². The number of nitrogens with zero attached hydrogens (tertiary/aromatic N) is 1. The van der Waals surface area contributed by atoms with Crippen molar-refractivity contribution in [3.63, 3.8) is 0 Å². The van der Waals surface area contributed by atoms with Gasteiger partial charge in [-0.1, -0.05) is 36.4 Å². The SMILES string of the molecule is NC(=O)CCCN(Cc1ccc(Cl)cc1)C(=O)S. The number of hydrogen-bond donors (Lipinski definition) is 2. The monoisotopic (exact) mass is 286 g/mol. The molecular formula is C12H15ClN2O2S. The predicted molar refractivity (Wildman–Crippen MR) is 74.7 cm³/mol. The molecule has 18 heavy (non-hydrogen) atoms. The van der Waals surface area contributed by atoms with Gasteiger partial charge in [0.05, 0.1) is 0 Å². The van der Waals surface area contributed by atoms with Gasteiger partial charge in [-0.15, -0.1) is 0 Å². The van der Waals surface area contributed by atoms with Crippen LogP contribution in [-0.2, 0) is 11.3 Å². The van der Waals surface area contributed by atoms with Gasteiger partial charge in [0.1, 0.15) is 0 Å². The highest BCUT2D eigenvalue weighted by molar-refractivity contribution is 7.96. The third kappa shape index (κ3) is 5.42. The first-order valence-electron chi connectivity index (χ1n) is 5.49. The lowest BCUT2D eigenvalue weighted by Crippen LogP contribution is -2.27. The molecule has 1 rings (SSSR count). The van der Waals surface area contributed by atoms with E-state index in [9.17, 15) is 9.59 Å². The van der Waals surface area contributed by atoms with E-state index in [2.05, 4.69) is 12.6 Å². The Morgan fingerprint density at radius 2 is 1.89 bits per heavy atom. The van der Waals surface area contributed by atoms with Gasteiger partial charge in [-0.25, -0.2) is 0 Å². The molecule has 0 aromatic heterocycles. The molecule has 0 aliphatic carbocycles. The summed E-state index contributed by atoms with van der Waals surface area (Å²) in [4.78, 5) is 23.5. The highest BCUT2D eigenvalue weighted by atomic mass is 35.5. The van der Waals surface area contributed by atoms with Crippen LogP contribution in [0.2, 0.25) is 5.02 Å². The van der Waals surface area contributed by atoms with Crippen molar-refractivity contribution in [2.75, 3.05) is 6.54 Å². The average molecular weight is 287 g/mol. The van der Waals surface area contributed by atoms with E-state index >= 15 is 0 Å². The zero-order valence-electron chi connectivity index (χ0n) is 9.80. The summed E-state index contributed by atoms with van der Waals surface area (Å²) >= 11 is 9.60. The summed E-state index contributed by atoms with van der Waals surface area (Å²) in [6.45, 7) is 0.895. The van der Waals surface area contributed by atoms with Crippen molar-refractivity contribution in [2.45, 2.75) is 19.4 Å². The van der Waals surface area contributed by atoms with Crippen LogP contribution in [0.4, 0.5) is 4.79 Å².